The lowest BCUT2D eigenvalue weighted by atomic mass is 9.91. The van der Waals surface area contributed by atoms with Crippen molar-refractivity contribution in [2.24, 2.45) is 5.73 Å². The summed E-state index contributed by atoms with van der Waals surface area (Å²) in [6, 6.07) is 20.5. The Hall–Kier alpha value is -3.64. The molecule has 4 aromatic rings. The van der Waals surface area contributed by atoms with Crippen molar-refractivity contribution in [2.45, 2.75) is 32.7 Å². The first kappa shape index (κ1) is 25.0. The zero-order valence-corrected chi connectivity index (χ0v) is 21.8. The number of nitrogens with two attached hydrogens (primary N) is 1. The van der Waals surface area contributed by atoms with Crippen LogP contribution in [-0.4, -0.2) is 35.9 Å². The second kappa shape index (κ2) is 9.68. The van der Waals surface area contributed by atoms with Gasteiger partial charge in [-0.2, -0.15) is 0 Å². The lowest BCUT2D eigenvalue weighted by Crippen LogP contribution is -2.36. The molecule has 1 unspecified atom stereocenters. The summed E-state index contributed by atoms with van der Waals surface area (Å²) in [5.74, 6) is 0. The Labute approximate surface area is 217 Å². The van der Waals surface area contributed by atoms with Crippen LogP contribution in [0.15, 0.2) is 90.3 Å². The molecule has 0 spiro atoms. The van der Waals surface area contributed by atoms with Gasteiger partial charge in [-0.05, 0) is 95.9 Å². The summed E-state index contributed by atoms with van der Waals surface area (Å²) in [6.07, 6.45) is 8.59. The SMILES string of the molecule is CC1=CC(C)(/C=C/c2c3ccccc3c(C)c3ccccc23)N(C)/C1=C(/CCN)c1cccn1B(F)F. The number of benzene rings is 3. The quantitative estimate of drug-likeness (QED) is 0.225. The predicted octanol–water partition coefficient (Wildman–Crippen LogP) is 7.30. The van der Waals surface area contributed by atoms with Crippen molar-refractivity contribution in [3.8, 4) is 0 Å². The van der Waals surface area contributed by atoms with Gasteiger partial charge in [-0.1, -0.05) is 66.8 Å². The van der Waals surface area contributed by atoms with Crippen LogP contribution in [0.4, 0.5) is 8.63 Å². The molecule has 0 amide bonds. The highest BCUT2D eigenvalue weighted by Crippen LogP contribution is 2.41. The first-order valence-corrected chi connectivity index (χ1v) is 12.7. The molecule has 1 atom stereocenters. The average Bonchev–Trinajstić information content (AvgIpc) is 3.46. The molecule has 0 aliphatic carbocycles. The number of aromatic nitrogens is 1. The highest BCUT2D eigenvalue weighted by molar-refractivity contribution is 6.41. The van der Waals surface area contributed by atoms with Gasteiger partial charge in [0.2, 0.25) is 0 Å². The summed E-state index contributed by atoms with van der Waals surface area (Å²) in [5, 5.41) is 4.93. The van der Waals surface area contributed by atoms with E-state index in [4.69, 9.17) is 5.73 Å². The third-order valence-electron chi connectivity index (χ3n) is 7.75. The van der Waals surface area contributed by atoms with Gasteiger partial charge in [0.05, 0.1) is 5.54 Å². The lowest BCUT2D eigenvalue weighted by molar-refractivity contribution is 0.323. The molecule has 0 saturated heterocycles. The minimum absolute atomic E-state index is 0.377. The number of aryl methyl sites for hydroxylation is 1. The summed E-state index contributed by atoms with van der Waals surface area (Å²) in [4.78, 5) is 2.19. The van der Waals surface area contributed by atoms with Crippen LogP contribution in [0.3, 0.4) is 0 Å². The molecular weight excluding hydrogens is 463 g/mol. The molecule has 2 N–H and O–H groups in total. The van der Waals surface area contributed by atoms with Crippen molar-refractivity contribution in [3.05, 3.63) is 107 Å². The summed E-state index contributed by atoms with van der Waals surface area (Å²) in [6.45, 7) is 6.77. The molecule has 188 valence electrons. The summed E-state index contributed by atoms with van der Waals surface area (Å²) in [7, 11) is -0.576. The van der Waals surface area contributed by atoms with E-state index in [2.05, 4.69) is 85.5 Å². The highest BCUT2D eigenvalue weighted by Gasteiger charge is 2.35. The van der Waals surface area contributed by atoms with Gasteiger partial charge >= 0.3 is 7.40 Å². The van der Waals surface area contributed by atoms with Gasteiger partial charge in [0.15, 0.2) is 0 Å². The molecule has 2 heterocycles. The molecule has 1 aliphatic rings. The van der Waals surface area contributed by atoms with E-state index in [1.165, 1.54) is 38.9 Å². The zero-order chi connectivity index (χ0) is 26.3. The monoisotopic (exact) mass is 495 g/mol. The van der Waals surface area contributed by atoms with Crippen LogP contribution in [0, 0.1) is 6.92 Å². The largest absolute Gasteiger partial charge is 0.677 e. The van der Waals surface area contributed by atoms with Crippen molar-refractivity contribution in [1.29, 1.82) is 0 Å². The van der Waals surface area contributed by atoms with E-state index in [0.717, 1.165) is 21.3 Å². The van der Waals surface area contributed by atoms with Gasteiger partial charge in [-0.25, -0.2) is 0 Å². The second-order valence-corrected chi connectivity index (χ2v) is 10.0. The number of nitrogens with zero attached hydrogens (tertiary/aromatic N) is 2. The Bertz CT molecular complexity index is 1520. The van der Waals surface area contributed by atoms with Gasteiger partial charge in [-0.15, -0.1) is 0 Å². The summed E-state index contributed by atoms with van der Waals surface area (Å²) < 4.78 is 28.5. The summed E-state index contributed by atoms with van der Waals surface area (Å²) in [5.41, 5.74) is 11.3. The van der Waals surface area contributed by atoms with Gasteiger partial charge in [-0.3, -0.25) is 8.63 Å². The van der Waals surface area contributed by atoms with Gasteiger partial charge in [0.1, 0.15) is 0 Å². The van der Waals surface area contributed by atoms with Crippen molar-refractivity contribution in [2.75, 3.05) is 13.6 Å². The van der Waals surface area contributed by atoms with Crippen LogP contribution in [0.1, 0.15) is 37.1 Å². The fraction of sp³-hybridized carbons (Fsp3) is 0.226. The van der Waals surface area contributed by atoms with Crippen LogP contribution in [0.2, 0.25) is 0 Å². The minimum atomic E-state index is -2.61. The molecular formula is C31H32BF2N3. The van der Waals surface area contributed by atoms with Crippen molar-refractivity contribution in [3.63, 3.8) is 0 Å². The molecule has 5 rings (SSSR count). The molecule has 37 heavy (non-hydrogen) atoms. The third kappa shape index (κ3) is 4.19. The van der Waals surface area contributed by atoms with Crippen LogP contribution < -0.4 is 5.73 Å². The molecule has 0 radical (unpaired) electrons. The van der Waals surface area contributed by atoms with E-state index < -0.39 is 12.9 Å². The Morgan fingerprint density at radius 3 is 2.11 bits per heavy atom. The fourth-order valence-corrected chi connectivity index (χ4v) is 5.85. The van der Waals surface area contributed by atoms with Crippen LogP contribution in [0.25, 0.3) is 33.2 Å². The Kier molecular flexibility index (Phi) is 6.55. The Morgan fingerprint density at radius 2 is 1.54 bits per heavy atom. The molecule has 3 aromatic carbocycles. The molecule has 0 saturated carbocycles. The maximum Gasteiger partial charge on any atom is 0.677 e. The van der Waals surface area contributed by atoms with Crippen molar-refractivity contribution < 1.29 is 8.63 Å². The van der Waals surface area contributed by atoms with E-state index in [-0.39, 0.29) is 0 Å². The maximum atomic E-state index is 13.8. The average molecular weight is 495 g/mol. The Balaban J connectivity index is 1.64. The Morgan fingerprint density at radius 1 is 0.946 bits per heavy atom. The van der Waals surface area contributed by atoms with E-state index in [1.807, 2.05) is 14.0 Å². The third-order valence-corrected chi connectivity index (χ3v) is 7.75. The van der Waals surface area contributed by atoms with E-state index in [0.29, 0.717) is 18.7 Å². The first-order chi connectivity index (χ1) is 17.8. The molecule has 0 bridgehead atoms. The normalized spacial score (nSPS) is 19.3. The van der Waals surface area contributed by atoms with Gasteiger partial charge < -0.3 is 15.1 Å². The molecule has 1 aromatic heterocycles. The number of hydrogen-bond donors (Lipinski definition) is 1. The number of fused-ring (bicyclic) bond motifs is 2. The number of rotatable bonds is 6. The number of halogens is 2. The number of allylic oxidation sites excluding steroid dienone is 1. The highest BCUT2D eigenvalue weighted by atomic mass is 19.2. The number of likely N-dealkylation sites (N-methyl/N-ethyl adjacent to an activating group) is 1. The van der Waals surface area contributed by atoms with E-state index in [9.17, 15) is 8.63 Å². The van der Waals surface area contributed by atoms with Crippen LogP contribution in [0.5, 0.6) is 0 Å². The molecule has 6 heteroatoms. The molecule has 0 fully saturated rings. The maximum absolute atomic E-state index is 13.8. The first-order valence-electron chi connectivity index (χ1n) is 12.7. The fourth-order valence-electron chi connectivity index (χ4n) is 5.85. The second-order valence-electron chi connectivity index (χ2n) is 10.0. The van der Waals surface area contributed by atoms with Crippen molar-refractivity contribution in [1.82, 2.24) is 9.38 Å². The summed E-state index contributed by atoms with van der Waals surface area (Å²) >= 11 is 0. The van der Waals surface area contributed by atoms with Crippen molar-refractivity contribution >= 4 is 40.6 Å². The van der Waals surface area contributed by atoms with E-state index in [1.54, 1.807) is 12.1 Å². The molecule has 3 nitrogen and oxygen atoms in total. The lowest BCUT2D eigenvalue weighted by Gasteiger charge is -2.33. The molecule has 1 aliphatic heterocycles. The van der Waals surface area contributed by atoms with Gasteiger partial charge in [0, 0.05) is 18.4 Å². The van der Waals surface area contributed by atoms with Crippen LogP contribution in [-0.2, 0) is 0 Å². The topological polar surface area (TPSA) is 34.2 Å². The van der Waals surface area contributed by atoms with Gasteiger partial charge in [0.25, 0.3) is 0 Å². The van der Waals surface area contributed by atoms with E-state index >= 15 is 0 Å². The smallest absolute Gasteiger partial charge is 0.362 e. The number of hydrogen-bond acceptors (Lipinski definition) is 2. The minimum Gasteiger partial charge on any atom is -0.362 e. The zero-order valence-electron chi connectivity index (χ0n) is 21.8. The predicted molar refractivity (Wildman–Crippen MR) is 154 cm³/mol. The van der Waals surface area contributed by atoms with Crippen LogP contribution >= 0.6 is 0 Å². The standard InChI is InChI=1S/C31H32BF2N3/c1-21-20-31(3,36(4)30(21)28(16-18-35)29-14-9-19-37(29)32(33)34)17-15-27-25-12-7-5-10-23(25)22(2)24-11-6-8-13-26(24)27/h5-15,17,19-20H,16,18,35H2,1-4H3/b17-15+,30-28-.